The molecule has 188 valence electrons. The van der Waals surface area contributed by atoms with E-state index in [2.05, 4.69) is 51.2 Å². The first-order valence-electron chi connectivity index (χ1n) is 12.5. The normalized spacial score (nSPS) is 20.9. The smallest absolute Gasteiger partial charge is 0.271 e. The quantitative estimate of drug-likeness (QED) is 0.456. The average molecular weight is 480 g/mol. The lowest BCUT2D eigenvalue weighted by Gasteiger charge is -2.34. The van der Waals surface area contributed by atoms with Gasteiger partial charge in [-0.2, -0.15) is 0 Å². The number of primary amides is 1. The highest BCUT2D eigenvalue weighted by Gasteiger charge is 2.23. The van der Waals surface area contributed by atoms with E-state index in [0.29, 0.717) is 23.8 Å². The Bertz CT molecular complexity index is 1060. The van der Waals surface area contributed by atoms with Gasteiger partial charge in [0.25, 0.3) is 5.91 Å². The SMILES string of the molecule is C=Cc1cc(Nc2nc(NC3CCC(O)CC3)c(CC)nc2C(N)=O)cc(N2CCN(C)CC2)c1. The number of aliphatic hydroxyl groups excluding tert-OH is 1. The number of aliphatic hydroxyl groups is 1. The van der Waals surface area contributed by atoms with E-state index in [1.807, 2.05) is 19.1 Å². The molecule has 9 heteroatoms. The van der Waals surface area contributed by atoms with Crippen molar-refractivity contribution in [3.05, 3.63) is 41.7 Å². The summed E-state index contributed by atoms with van der Waals surface area (Å²) in [6.45, 7) is 9.82. The molecule has 4 rings (SSSR count). The summed E-state index contributed by atoms with van der Waals surface area (Å²) < 4.78 is 0. The monoisotopic (exact) mass is 479 g/mol. The summed E-state index contributed by atoms with van der Waals surface area (Å²) in [5.74, 6) is 0.361. The van der Waals surface area contributed by atoms with Crippen LogP contribution >= 0.6 is 0 Å². The number of carbonyl (C=O) groups is 1. The average Bonchev–Trinajstić information content (AvgIpc) is 2.85. The van der Waals surface area contributed by atoms with E-state index in [-0.39, 0.29) is 17.8 Å². The first-order chi connectivity index (χ1) is 16.9. The molecule has 35 heavy (non-hydrogen) atoms. The van der Waals surface area contributed by atoms with Crippen molar-refractivity contribution in [3.8, 4) is 0 Å². The summed E-state index contributed by atoms with van der Waals surface area (Å²) in [7, 11) is 2.13. The lowest BCUT2D eigenvalue weighted by molar-refractivity contribution is 0.0996. The van der Waals surface area contributed by atoms with E-state index < -0.39 is 5.91 Å². The van der Waals surface area contributed by atoms with Gasteiger partial charge in [-0.1, -0.05) is 19.6 Å². The Balaban J connectivity index is 1.64. The zero-order chi connectivity index (χ0) is 24.9. The van der Waals surface area contributed by atoms with Gasteiger partial charge in [0, 0.05) is 43.6 Å². The van der Waals surface area contributed by atoms with Crippen molar-refractivity contribution in [1.82, 2.24) is 14.9 Å². The molecular weight excluding hydrogens is 442 g/mol. The van der Waals surface area contributed by atoms with Crippen LogP contribution in [-0.2, 0) is 6.42 Å². The van der Waals surface area contributed by atoms with Crippen LogP contribution in [0.5, 0.6) is 0 Å². The third kappa shape index (κ3) is 6.10. The highest BCUT2D eigenvalue weighted by molar-refractivity contribution is 5.96. The van der Waals surface area contributed by atoms with Crippen molar-refractivity contribution in [1.29, 1.82) is 0 Å². The van der Waals surface area contributed by atoms with Gasteiger partial charge in [-0.05, 0) is 62.9 Å². The van der Waals surface area contributed by atoms with Gasteiger partial charge in [-0.25, -0.2) is 9.97 Å². The number of carbonyl (C=O) groups excluding carboxylic acids is 1. The summed E-state index contributed by atoms with van der Waals surface area (Å²) in [5, 5.41) is 16.7. The number of rotatable bonds is 8. The number of aryl methyl sites for hydroxylation is 1. The first-order valence-corrected chi connectivity index (χ1v) is 12.5. The van der Waals surface area contributed by atoms with Gasteiger partial charge in [0.2, 0.25) is 0 Å². The molecule has 5 N–H and O–H groups in total. The van der Waals surface area contributed by atoms with Crippen LogP contribution in [0.1, 0.15) is 54.4 Å². The Labute approximate surface area is 207 Å². The van der Waals surface area contributed by atoms with Gasteiger partial charge < -0.3 is 31.3 Å². The predicted molar refractivity (Wildman–Crippen MR) is 141 cm³/mol. The Hall–Kier alpha value is -3.17. The van der Waals surface area contributed by atoms with Crippen LogP contribution < -0.4 is 21.3 Å². The molecule has 0 unspecified atom stereocenters. The number of likely N-dealkylation sites (N-methyl/N-ethyl adjacent to an activating group) is 1. The number of piperazine rings is 1. The molecular formula is C26H37N7O2. The Kier molecular flexibility index (Phi) is 7.87. The molecule has 2 aromatic rings. The Morgan fingerprint density at radius 3 is 2.49 bits per heavy atom. The molecule has 1 aromatic heterocycles. The minimum atomic E-state index is -0.624. The van der Waals surface area contributed by atoms with Crippen LogP contribution in [0.3, 0.4) is 0 Å². The Morgan fingerprint density at radius 2 is 1.86 bits per heavy atom. The topological polar surface area (TPSA) is 120 Å². The van der Waals surface area contributed by atoms with Crippen molar-refractivity contribution < 1.29 is 9.90 Å². The molecule has 1 aromatic carbocycles. The number of hydrogen-bond donors (Lipinski definition) is 4. The molecule has 2 aliphatic rings. The minimum absolute atomic E-state index is 0.122. The van der Waals surface area contributed by atoms with E-state index in [0.717, 1.165) is 68.8 Å². The summed E-state index contributed by atoms with van der Waals surface area (Å²) in [6, 6.07) is 6.36. The number of nitrogens with one attached hydrogen (secondary N) is 2. The molecule has 1 saturated heterocycles. The second kappa shape index (κ2) is 11.0. The maximum atomic E-state index is 12.3. The fourth-order valence-corrected chi connectivity index (χ4v) is 4.71. The third-order valence-electron chi connectivity index (χ3n) is 6.88. The van der Waals surface area contributed by atoms with Crippen LogP contribution in [0, 0.1) is 0 Å². The van der Waals surface area contributed by atoms with Gasteiger partial charge >= 0.3 is 0 Å². The molecule has 0 radical (unpaired) electrons. The lowest BCUT2D eigenvalue weighted by Crippen LogP contribution is -2.44. The zero-order valence-corrected chi connectivity index (χ0v) is 20.8. The molecule has 9 nitrogen and oxygen atoms in total. The standard InChI is InChI=1S/C26H37N7O2/c1-4-17-14-19(16-20(15-17)33-12-10-32(3)11-13-33)29-26-23(24(27)35)30-22(5-2)25(31-26)28-18-6-8-21(34)9-7-18/h4,14-16,18,21,34H,1,5-13H2,2-3H3,(H2,27,35)(H2,28,29,31). The molecule has 1 saturated carbocycles. The molecule has 0 spiro atoms. The highest BCUT2D eigenvalue weighted by atomic mass is 16.3. The van der Waals surface area contributed by atoms with E-state index >= 15 is 0 Å². The van der Waals surface area contributed by atoms with E-state index in [1.165, 1.54) is 0 Å². The highest BCUT2D eigenvalue weighted by Crippen LogP contribution is 2.29. The van der Waals surface area contributed by atoms with E-state index in [9.17, 15) is 9.90 Å². The number of anilines is 4. The fraction of sp³-hybridized carbons (Fsp3) is 0.500. The van der Waals surface area contributed by atoms with Crippen LogP contribution in [-0.4, -0.2) is 71.3 Å². The number of hydrogen-bond acceptors (Lipinski definition) is 8. The van der Waals surface area contributed by atoms with E-state index in [1.54, 1.807) is 0 Å². The van der Waals surface area contributed by atoms with Crippen LogP contribution in [0.15, 0.2) is 24.8 Å². The number of benzene rings is 1. The summed E-state index contributed by atoms with van der Waals surface area (Å²) in [4.78, 5) is 26.3. The maximum Gasteiger partial charge on any atom is 0.271 e. The minimum Gasteiger partial charge on any atom is -0.393 e. The van der Waals surface area contributed by atoms with Gasteiger partial charge in [0.05, 0.1) is 11.8 Å². The second-order valence-electron chi connectivity index (χ2n) is 9.52. The van der Waals surface area contributed by atoms with E-state index in [4.69, 9.17) is 10.7 Å². The first kappa shape index (κ1) is 24.9. The molecule has 1 amide bonds. The van der Waals surface area contributed by atoms with Crippen LogP contribution in [0.4, 0.5) is 23.0 Å². The van der Waals surface area contributed by atoms with Crippen molar-refractivity contribution in [2.75, 3.05) is 48.8 Å². The van der Waals surface area contributed by atoms with Gasteiger partial charge in [0.1, 0.15) is 5.82 Å². The number of aromatic nitrogens is 2. The third-order valence-corrected chi connectivity index (χ3v) is 6.88. The summed E-state index contributed by atoms with van der Waals surface area (Å²) in [5.41, 5.74) is 9.39. The van der Waals surface area contributed by atoms with Crippen LogP contribution in [0.2, 0.25) is 0 Å². The molecule has 1 aliphatic heterocycles. The number of amides is 1. The van der Waals surface area contributed by atoms with Gasteiger partial charge in [-0.15, -0.1) is 0 Å². The van der Waals surface area contributed by atoms with Gasteiger partial charge in [-0.3, -0.25) is 4.79 Å². The Morgan fingerprint density at radius 1 is 1.14 bits per heavy atom. The largest absolute Gasteiger partial charge is 0.393 e. The number of nitrogens with zero attached hydrogens (tertiary/aromatic N) is 4. The molecule has 1 aliphatic carbocycles. The zero-order valence-electron chi connectivity index (χ0n) is 20.8. The molecule has 0 atom stereocenters. The summed E-state index contributed by atoms with van der Waals surface area (Å²) in [6.07, 6.45) is 5.46. The lowest BCUT2D eigenvalue weighted by atomic mass is 9.93. The fourth-order valence-electron chi connectivity index (χ4n) is 4.71. The van der Waals surface area contributed by atoms with Gasteiger partial charge in [0.15, 0.2) is 11.5 Å². The second-order valence-corrected chi connectivity index (χ2v) is 9.52. The maximum absolute atomic E-state index is 12.3. The summed E-state index contributed by atoms with van der Waals surface area (Å²) >= 11 is 0. The molecule has 0 bridgehead atoms. The molecule has 2 fully saturated rings. The van der Waals surface area contributed by atoms with Crippen LogP contribution in [0.25, 0.3) is 6.08 Å². The van der Waals surface area contributed by atoms with Crippen molar-refractivity contribution >= 4 is 35.0 Å². The number of nitrogens with two attached hydrogens (primary N) is 1. The van der Waals surface area contributed by atoms with Crippen molar-refractivity contribution in [2.45, 2.75) is 51.2 Å². The predicted octanol–water partition coefficient (Wildman–Crippen LogP) is 2.99. The molecule has 2 heterocycles. The van der Waals surface area contributed by atoms with Crippen molar-refractivity contribution in [3.63, 3.8) is 0 Å². The van der Waals surface area contributed by atoms with Crippen molar-refractivity contribution in [2.24, 2.45) is 5.73 Å².